The quantitative estimate of drug-likeness (QED) is 0.123. The van der Waals surface area contributed by atoms with E-state index >= 15 is 0 Å². The Balaban J connectivity index is 2.30. The molecule has 0 aromatic carbocycles. The molecule has 0 aromatic heterocycles. The lowest BCUT2D eigenvalue weighted by Crippen LogP contribution is -2.61. The second kappa shape index (κ2) is 19.5. The van der Waals surface area contributed by atoms with Crippen molar-refractivity contribution in [1.82, 2.24) is 4.90 Å². The third-order valence-electron chi connectivity index (χ3n) is 12.6. The zero-order chi connectivity index (χ0) is 41.8. The number of hydrogen-bond donors (Lipinski definition) is 5. The van der Waals surface area contributed by atoms with Gasteiger partial charge in [-0.3, -0.25) is 4.79 Å². The molecule has 0 aromatic rings. The predicted molar refractivity (Wildman–Crippen MR) is 204 cm³/mol. The van der Waals surface area contributed by atoms with E-state index in [4.69, 9.17) is 33.2 Å². The highest BCUT2D eigenvalue weighted by atomic mass is 16.7. The van der Waals surface area contributed by atoms with Gasteiger partial charge in [-0.2, -0.15) is 0 Å². The van der Waals surface area contributed by atoms with E-state index < -0.39 is 102 Å². The van der Waals surface area contributed by atoms with Crippen LogP contribution in [0.5, 0.6) is 0 Å². The van der Waals surface area contributed by atoms with Crippen LogP contribution in [0.3, 0.4) is 0 Å². The Hall–Kier alpha value is -1.50. The molecule has 0 radical (unpaired) electrons. The summed E-state index contributed by atoms with van der Waals surface area (Å²) in [6, 6.07) is -0.283. The first-order chi connectivity index (χ1) is 25.5. The minimum atomic E-state index is -1.94. The molecule has 3 saturated heterocycles. The molecular formula is C40H74N2O13. The molecule has 3 heterocycles. The average Bonchev–Trinajstić information content (AvgIpc) is 3.12. The largest absolute Gasteiger partial charge is 0.459 e. The van der Waals surface area contributed by atoms with Gasteiger partial charge in [0.2, 0.25) is 0 Å². The summed E-state index contributed by atoms with van der Waals surface area (Å²) in [6.45, 7) is 19.8. The molecule has 3 aliphatic rings. The molecule has 55 heavy (non-hydrogen) atoms. The van der Waals surface area contributed by atoms with Crippen LogP contribution in [0.2, 0.25) is 0 Å². The van der Waals surface area contributed by atoms with Crippen molar-refractivity contribution in [1.29, 1.82) is 0 Å². The monoisotopic (exact) mass is 791 g/mol. The van der Waals surface area contributed by atoms with Gasteiger partial charge in [0.15, 0.2) is 12.6 Å². The number of hydrogen-bond acceptors (Lipinski definition) is 15. The van der Waals surface area contributed by atoms with Gasteiger partial charge in [0.25, 0.3) is 0 Å². The summed E-state index contributed by atoms with van der Waals surface area (Å²) < 4.78 is 44.9. The number of ether oxygens (including phenoxy) is 7. The van der Waals surface area contributed by atoms with E-state index in [-0.39, 0.29) is 37.1 Å². The van der Waals surface area contributed by atoms with Gasteiger partial charge in [0, 0.05) is 43.9 Å². The van der Waals surface area contributed by atoms with E-state index in [1.165, 1.54) is 14.0 Å². The Morgan fingerprint density at radius 2 is 1.55 bits per heavy atom. The smallest absolute Gasteiger partial charge is 0.311 e. The van der Waals surface area contributed by atoms with Gasteiger partial charge in [0.1, 0.15) is 23.9 Å². The second-order valence-electron chi connectivity index (χ2n) is 17.4. The van der Waals surface area contributed by atoms with Gasteiger partial charge in [-0.1, -0.05) is 39.8 Å². The Labute approximate surface area is 328 Å². The zero-order valence-corrected chi connectivity index (χ0v) is 35.8. The SMILES string of the molecule is CCCO[C@]1(C)C[C@H](C)/C(=N\O)[C@H](C)[C@@H](O)[C@](C)(O)[C@@H](CC)OC(=O)[C@H](C)[C@@H](O[C@H]2C[C@@](C)(OC)[C@@H](O)[C@H](C)O2)[C@H](C)[C@H]1O[C@@H]1O[C@H](C)C[C@H](N(C)C)[C@H]1O. The number of aliphatic hydroxyl groups is 4. The highest BCUT2D eigenvalue weighted by molar-refractivity contribution is 5.88. The fourth-order valence-corrected chi connectivity index (χ4v) is 9.06. The molecule has 0 saturated carbocycles. The van der Waals surface area contributed by atoms with Crippen molar-refractivity contribution in [2.24, 2.45) is 28.8 Å². The van der Waals surface area contributed by atoms with Crippen molar-refractivity contribution in [3.63, 3.8) is 0 Å². The van der Waals surface area contributed by atoms with Crippen LogP contribution < -0.4 is 0 Å². The molecule has 322 valence electrons. The number of oxime groups is 1. The molecule has 0 unspecified atom stereocenters. The molecule has 0 bridgehead atoms. The molecular weight excluding hydrogens is 716 g/mol. The fraction of sp³-hybridized carbons (Fsp3) is 0.950. The molecule has 15 heteroatoms. The minimum absolute atomic E-state index is 0.130. The van der Waals surface area contributed by atoms with E-state index in [2.05, 4.69) is 5.16 Å². The standard InChI is InChI=1S/C40H74N2O13/c1-15-17-50-39(10)19-21(3)30(41-48)23(5)33(44)40(11,47)28(16-2)53-36(46)25(7)32(54-29-20-38(9,49-14)34(45)26(8)52-29)24(6)35(39)55-37-31(43)27(42(12)13)18-22(4)51-37/h21-29,31-35,37,43-45,47-48H,15-20H2,1-14H3/b41-30+/t21-,22+,23-,24-,25+,26-,27-,28+,29-,31+,32-,33+,34-,35+,37-,38+,39+,40+/m0/s1. The number of likely N-dealkylation sites (N-methyl/N-ethyl adjacent to an activating group) is 1. The first-order valence-electron chi connectivity index (χ1n) is 20.2. The van der Waals surface area contributed by atoms with Crippen LogP contribution in [0.25, 0.3) is 0 Å². The molecule has 0 amide bonds. The summed E-state index contributed by atoms with van der Waals surface area (Å²) in [5, 5.41) is 60.3. The van der Waals surface area contributed by atoms with Crippen LogP contribution in [-0.2, 0) is 38.0 Å². The van der Waals surface area contributed by atoms with Gasteiger partial charge in [0.05, 0.1) is 53.4 Å². The normalized spacial score (nSPS) is 47.7. The van der Waals surface area contributed by atoms with Crippen LogP contribution in [0.15, 0.2) is 5.16 Å². The topological polar surface area (TPSA) is 198 Å². The number of carbonyl (C=O) groups is 1. The summed E-state index contributed by atoms with van der Waals surface area (Å²) in [5.41, 5.74) is -3.97. The maximum absolute atomic E-state index is 14.3. The number of carbonyl (C=O) groups excluding carboxylic acids is 1. The number of aliphatic hydroxyl groups excluding tert-OH is 3. The molecule has 15 nitrogen and oxygen atoms in total. The lowest BCUT2D eigenvalue weighted by Gasteiger charge is -2.50. The Kier molecular flexibility index (Phi) is 17.0. The van der Waals surface area contributed by atoms with Crippen molar-refractivity contribution in [3.8, 4) is 0 Å². The number of nitrogens with zero attached hydrogens (tertiary/aromatic N) is 2. The van der Waals surface area contributed by atoms with Crippen molar-refractivity contribution in [3.05, 3.63) is 0 Å². The lowest BCUT2D eigenvalue weighted by molar-refractivity contribution is -0.320. The third-order valence-corrected chi connectivity index (χ3v) is 12.6. The fourth-order valence-electron chi connectivity index (χ4n) is 9.06. The maximum Gasteiger partial charge on any atom is 0.311 e. The van der Waals surface area contributed by atoms with Crippen LogP contribution in [0.1, 0.15) is 108 Å². The Morgan fingerprint density at radius 3 is 2.09 bits per heavy atom. The van der Waals surface area contributed by atoms with E-state index in [0.717, 1.165) is 0 Å². The first kappa shape index (κ1) is 47.9. The third kappa shape index (κ3) is 10.6. The summed E-state index contributed by atoms with van der Waals surface area (Å²) in [7, 11) is 5.29. The van der Waals surface area contributed by atoms with Crippen LogP contribution in [0.4, 0.5) is 0 Å². The molecule has 0 spiro atoms. The summed E-state index contributed by atoms with van der Waals surface area (Å²) in [4.78, 5) is 16.3. The van der Waals surface area contributed by atoms with Crippen molar-refractivity contribution in [2.75, 3.05) is 27.8 Å². The molecule has 5 N–H and O–H groups in total. The number of rotatable bonds is 10. The highest BCUT2D eigenvalue weighted by Crippen LogP contribution is 2.42. The maximum atomic E-state index is 14.3. The molecule has 3 fully saturated rings. The van der Waals surface area contributed by atoms with E-state index in [1.54, 1.807) is 34.6 Å². The minimum Gasteiger partial charge on any atom is -0.459 e. The summed E-state index contributed by atoms with van der Waals surface area (Å²) in [5.74, 6) is -3.81. The van der Waals surface area contributed by atoms with E-state index in [9.17, 15) is 30.4 Å². The zero-order valence-electron chi connectivity index (χ0n) is 35.8. The Bertz CT molecular complexity index is 1260. The molecule has 3 rings (SSSR count). The van der Waals surface area contributed by atoms with Crippen molar-refractivity contribution in [2.45, 2.75) is 193 Å². The Morgan fingerprint density at radius 1 is 0.909 bits per heavy atom. The first-order valence-corrected chi connectivity index (χ1v) is 20.2. The summed E-state index contributed by atoms with van der Waals surface area (Å²) in [6.07, 6.45) is -7.86. The summed E-state index contributed by atoms with van der Waals surface area (Å²) >= 11 is 0. The average molecular weight is 791 g/mol. The van der Waals surface area contributed by atoms with E-state index in [0.29, 0.717) is 19.4 Å². The molecule has 0 aliphatic carbocycles. The highest BCUT2D eigenvalue weighted by Gasteiger charge is 2.54. The van der Waals surface area contributed by atoms with Gasteiger partial charge in [-0.25, -0.2) is 0 Å². The predicted octanol–water partition coefficient (Wildman–Crippen LogP) is 3.48. The van der Waals surface area contributed by atoms with E-state index in [1.807, 2.05) is 53.6 Å². The van der Waals surface area contributed by atoms with Crippen LogP contribution in [-0.4, -0.2) is 154 Å². The van der Waals surface area contributed by atoms with Crippen molar-refractivity contribution < 1.29 is 63.6 Å². The van der Waals surface area contributed by atoms with Gasteiger partial charge < -0.3 is 63.7 Å². The van der Waals surface area contributed by atoms with Gasteiger partial charge in [-0.05, 0) is 81.3 Å². The molecule has 3 aliphatic heterocycles. The van der Waals surface area contributed by atoms with Crippen molar-refractivity contribution >= 4 is 11.7 Å². The molecule has 18 atom stereocenters. The van der Waals surface area contributed by atoms with Crippen LogP contribution >= 0.6 is 0 Å². The van der Waals surface area contributed by atoms with Gasteiger partial charge >= 0.3 is 5.97 Å². The van der Waals surface area contributed by atoms with Crippen LogP contribution in [0, 0.1) is 23.7 Å². The number of cyclic esters (lactones) is 1. The number of methoxy groups -OCH3 is 1. The van der Waals surface area contributed by atoms with Gasteiger partial charge in [-0.15, -0.1) is 0 Å². The number of esters is 1. The lowest BCUT2D eigenvalue weighted by atomic mass is 9.73. The second-order valence-corrected chi connectivity index (χ2v) is 17.4.